The van der Waals surface area contributed by atoms with Crippen LogP contribution >= 0.6 is 11.6 Å². The minimum atomic E-state index is 0.102. The first-order valence-electron chi connectivity index (χ1n) is 4.46. The molecule has 1 rings (SSSR count). The van der Waals surface area contributed by atoms with Crippen LogP contribution in [0.1, 0.15) is 10.4 Å². The molecule has 0 fully saturated rings. The fourth-order valence-electron chi connectivity index (χ4n) is 1.22. The zero-order valence-electron chi connectivity index (χ0n) is 8.35. The number of carbonyl (C=O) groups excluding carboxylic acids is 1. The molecule has 0 aromatic heterocycles. The summed E-state index contributed by atoms with van der Waals surface area (Å²) in [5, 5.41) is 17.5. The number of nitrogens with zero attached hydrogens (tertiary/aromatic N) is 3. The maximum absolute atomic E-state index is 10.6. The molecule has 0 spiro atoms. The Morgan fingerprint density at radius 1 is 1.31 bits per heavy atom. The van der Waals surface area contributed by atoms with E-state index in [4.69, 9.17) is 22.1 Å². The lowest BCUT2D eigenvalue weighted by Gasteiger charge is -2.18. The highest BCUT2D eigenvalue weighted by Gasteiger charge is 2.07. The Morgan fingerprint density at radius 3 is 2.38 bits per heavy atom. The van der Waals surface area contributed by atoms with Gasteiger partial charge in [-0.05, 0) is 18.2 Å². The van der Waals surface area contributed by atoms with Crippen LogP contribution in [-0.2, 0) is 0 Å². The molecule has 0 heterocycles. The van der Waals surface area contributed by atoms with E-state index in [1.165, 1.54) is 0 Å². The van der Waals surface area contributed by atoms with E-state index in [1.807, 2.05) is 12.1 Å². The van der Waals surface area contributed by atoms with Gasteiger partial charge in [-0.3, -0.25) is 4.79 Å². The molecule has 0 aliphatic rings. The summed E-state index contributed by atoms with van der Waals surface area (Å²) in [5.41, 5.74) is 1.04. The van der Waals surface area contributed by atoms with Gasteiger partial charge in [-0.1, -0.05) is 11.6 Å². The molecular weight excluding hydrogens is 226 g/mol. The minimum Gasteiger partial charge on any atom is -0.345 e. The van der Waals surface area contributed by atoms with Gasteiger partial charge in [0.2, 0.25) is 0 Å². The van der Waals surface area contributed by atoms with E-state index in [0.29, 0.717) is 22.6 Å². The van der Waals surface area contributed by atoms with E-state index in [1.54, 1.807) is 23.1 Å². The van der Waals surface area contributed by atoms with Crippen LogP contribution in [0.2, 0.25) is 5.02 Å². The zero-order chi connectivity index (χ0) is 12.0. The summed E-state index contributed by atoms with van der Waals surface area (Å²) in [4.78, 5) is 12.1. The van der Waals surface area contributed by atoms with Crippen molar-refractivity contribution in [1.82, 2.24) is 0 Å². The first kappa shape index (κ1) is 12.0. The number of carbonyl (C=O) groups is 1. The van der Waals surface area contributed by atoms with E-state index in [9.17, 15) is 4.79 Å². The van der Waals surface area contributed by atoms with E-state index >= 15 is 0 Å². The lowest BCUT2D eigenvalue weighted by molar-refractivity contribution is 0.112. The summed E-state index contributed by atoms with van der Waals surface area (Å²) >= 11 is 5.85. The number of rotatable bonds is 4. The van der Waals surface area contributed by atoms with Crippen LogP contribution in [-0.4, -0.2) is 19.4 Å². The number of hydrogen-bond acceptors (Lipinski definition) is 4. The molecule has 0 radical (unpaired) electrons. The third-order valence-electron chi connectivity index (χ3n) is 2.00. The van der Waals surface area contributed by atoms with Crippen molar-refractivity contribution in [3.63, 3.8) is 0 Å². The molecule has 1 aromatic rings. The molecule has 0 bridgehead atoms. The monoisotopic (exact) mass is 233 g/mol. The van der Waals surface area contributed by atoms with Gasteiger partial charge >= 0.3 is 0 Å². The van der Waals surface area contributed by atoms with Gasteiger partial charge in [0.15, 0.2) is 6.29 Å². The van der Waals surface area contributed by atoms with Gasteiger partial charge in [-0.2, -0.15) is 10.5 Å². The normalized spacial score (nSPS) is 8.94. The molecule has 1 aromatic carbocycles. The lowest BCUT2D eigenvalue weighted by atomic mass is 10.2. The Morgan fingerprint density at radius 2 is 1.94 bits per heavy atom. The van der Waals surface area contributed by atoms with Crippen LogP contribution in [0, 0.1) is 22.7 Å². The number of anilines is 1. The Balaban J connectivity index is 3.03. The molecule has 0 saturated heterocycles. The highest BCUT2D eigenvalue weighted by molar-refractivity contribution is 6.33. The van der Waals surface area contributed by atoms with Crippen molar-refractivity contribution in [2.24, 2.45) is 0 Å². The van der Waals surface area contributed by atoms with Gasteiger partial charge in [-0.15, -0.1) is 0 Å². The van der Waals surface area contributed by atoms with Gasteiger partial charge in [0.1, 0.15) is 13.1 Å². The summed E-state index contributed by atoms with van der Waals surface area (Å²) < 4.78 is 0. The van der Waals surface area contributed by atoms with Crippen molar-refractivity contribution < 1.29 is 4.79 Å². The summed E-state index contributed by atoms with van der Waals surface area (Å²) in [6, 6.07) is 8.71. The van der Waals surface area contributed by atoms with Crippen molar-refractivity contribution in [1.29, 1.82) is 10.5 Å². The quantitative estimate of drug-likeness (QED) is 0.589. The van der Waals surface area contributed by atoms with Crippen molar-refractivity contribution in [3.05, 3.63) is 28.8 Å². The van der Waals surface area contributed by atoms with Gasteiger partial charge in [0, 0.05) is 11.3 Å². The fourth-order valence-corrected chi connectivity index (χ4v) is 1.44. The third-order valence-corrected chi connectivity index (χ3v) is 2.33. The van der Waals surface area contributed by atoms with E-state index in [0.717, 1.165) is 0 Å². The molecule has 0 aliphatic carbocycles. The van der Waals surface area contributed by atoms with Crippen LogP contribution < -0.4 is 4.90 Å². The van der Waals surface area contributed by atoms with Crippen LogP contribution in [0.5, 0.6) is 0 Å². The van der Waals surface area contributed by atoms with E-state index < -0.39 is 0 Å². The largest absolute Gasteiger partial charge is 0.345 e. The lowest BCUT2D eigenvalue weighted by Crippen LogP contribution is -2.23. The summed E-state index contributed by atoms with van der Waals surface area (Å²) in [7, 11) is 0. The highest BCUT2D eigenvalue weighted by Crippen LogP contribution is 2.22. The number of aldehydes is 1. The molecule has 5 heteroatoms. The molecular formula is C11H8ClN3O. The maximum Gasteiger partial charge on any atom is 0.151 e. The predicted octanol–water partition coefficient (Wildman–Crippen LogP) is 2.01. The van der Waals surface area contributed by atoms with Crippen LogP contribution in [0.4, 0.5) is 5.69 Å². The highest BCUT2D eigenvalue weighted by atomic mass is 35.5. The Bertz CT molecular complexity index is 457. The molecule has 80 valence electrons. The standard InChI is InChI=1S/C11H8ClN3O/c12-11-7-10(2-1-9(11)8-16)15(5-3-13)6-4-14/h1-2,7-8H,5-6H2. The van der Waals surface area contributed by atoms with Gasteiger partial charge in [-0.25, -0.2) is 0 Å². The molecule has 0 saturated carbocycles. The van der Waals surface area contributed by atoms with Crippen molar-refractivity contribution in [3.8, 4) is 12.1 Å². The Hall–Kier alpha value is -2.04. The number of nitriles is 2. The summed E-state index contributed by atoms with van der Waals surface area (Å²) in [5.74, 6) is 0. The first-order valence-corrected chi connectivity index (χ1v) is 4.84. The van der Waals surface area contributed by atoms with Crippen LogP contribution in [0.25, 0.3) is 0 Å². The van der Waals surface area contributed by atoms with Crippen molar-refractivity contribution >= 4 is 23.6 Å². The van der Waals surface area contributed by atoms with Gasteiger partial charge < -0.3 is 4.90 Å². The molecule has 0 unspecified atom stereocenters. The predicted molar refractivity (Wildman–Crippen MR) is 60.3 cm³/mol. The minimum absolute atomic E-state index is 0.102. The second-order valence-corrected chi connectivity index (χ2v) is 3.40. The average molecular weight is 234 g/mol. The van der Waals surface area contributed by atoms with Crippen LogP contribution in [0.15, 0.2) is 18.2 Å². The second kappa shape index (κ2) is 5.75. The second-order valence-electron chi connectivity index (χ2n) is 3.00. The smallest absolute Gasteiger partial charge is 0.151 e. The topological polar surface area (TPSA) is 67.9 Å². The molecule has 0 atom stereocenters. The molecule has 0 N–H and O–H groups in total. The van der Waals surface area contributed by atoms with Gasteiger partial charge in [0.25, 0.3) is 0 Å². The van der Waals surface area contributed by atoms with Gasteiger partial charge in [0.05, 0.1) is 17.2 Å². The van der Waals surface area contributed by atoms with Crippen molar-refractivity contribution in [2.75, 3.05) is 18.0 Å². The maximum atomic E-state index is 10.6. The Labute approximate surface area is 98.3 Å². The van der Waals surface area contributed by atoms with E-state index in [2.05, 4.69) is 0 Å². The number of halogens is 1. The first-order chi connectivity index (χ1) is 7.72. The molecule has 0 amide bonds. The van der Waals surface area contributed by atoms with E-state index in [-0.39, 0.29) is 13.1 Å². The molecule has 4 nitrogen and oxygen atoms in total. The molecule has 0 aliphatic heterocycles. The number of benzene rings is 1. The SMILES string of the molecule is N#CCN(CC#N)c1ccc(C=O)c(Cl)c1. The Kier molecular flexibility index (Phi) is 4.32. The summed E-state index contributed by atoms with van der Waals surface area (Å²) in [6.45, 7) is 0.203. The van der Waals surface area contributed by atoms with Crippen LogP contribution in [0.3, 0.4) is 0 Å². The average Bonchev–Trinajstić information content (AvgIpc) is 2.28. The third kappa shape index (κ3) is 2.73. The fraction of sp³-hybridized carbons (Fsp3) is 0.182. The summed E-state index contributed by atoms with van der Waals surface area (Å²) in [6.07, 6.45) is 0.658. The van der Waals surface area contributed by atoms with Crippen molar-refractivity contribution in [2.45, 2.75) is 0 Å². The zero-order valence-corrected chi connectivity index (χ0v) is 9.11. The molecule has 16 heavy (non-hydrogen) atoms. The number of hydrogen-bond donors (Lipinski definition) is 0.